The first-order chi connectivity index (χ1) is 9.92. The first kappa shape index (κ1) is 16.7. The standard InChI is InChI=1S/C15H13Cl4NO/c1-8(20-2)9-3-4-14(12(18)5-9)21-15-7-11(17)10(16)6-13(15)19/h3-8,20H,1-2H3. The zero-order chi connectivity index (χ0) is 15.6. The molecule has 21 heavy (non-hydrogen) atoms. The van der Waals surface area contributed by atoms with Crippen LogP contribution in [-0.2, 0) is 0 Å². The van der Waals surface area contributed by atoms with Gasteiger partial charge < -0.3 is 10.1 Å². The average molecular weight is 365 g/mol. The van der Waals surface area contributed by atoms with Crippen molar-refractivity contribution in [1.82, 2.24) is 5.32 Å². The third-order valence-electron chi connectivity index (χ3n) is 3.08. The molecule has 1 unspecified atom stereocenters. The molecular formula is C15H13Cl4NO. The summed E-state index contributed by atoms with van der Waals surface area (Å²) >= 11 is 24.2. The molecule has 112 valence electrons. The number of nitrogens with one attached hydrogen (secondary N) is 1. The van der Waals surface area contributed by atoms with Gasteiger partial charge >= 0.3 is 0 Å². The minimum atomic E-state index is 0.199. The second kappa shape index (κ2) is 7.08. The van der Waals surface area contributed by atoms with E-state index < -0.39 is 0 Å². The predicted molar refractivity (Wildman–Crippen MR) is 90.5 cm³/mol. The van der Waals surface area contributed by atoms with Crippen LogP contribution in [-0.4, -0.2) is 7.05 Å². The van der Waals surface area contributed by atoms with E-state index in [0.717, 1.165) is 5.56 Å². The maximum absolute atomic E-state index is 6.25. The first-order valence-corrected chi connectivity index (χ1v) is 7.72. The number of halogens is 4. The van der Waals surface area contributed by atoms with E-state index in [9.17, 15) is 0 Å². The Kier molecular flexibility index (Phi) is 5.64. The summed E-state index contributed by atoms with van der Waals surface area (Å²) in [6.45, 7) is 2.04. The highest BCUT2D eigenvalue weighted by Gasteiger charge is 2.12. The fourth-order valence-electron chi connectivity index (χ4n) is 1.74. The molecule has 0 saturated carbocycles. The lowest BCUT2D eigenvalue weighted by Crippen LogP contribution is -2.12. The summed E-state index contributed by atoms with van der Waals surface area (Å²) < 4.78 is 5.72. The normalized spacial score (nSPS) is 12.3. The molecule has 0 aliphatic carbocycles. The van der Waals surface area contributed by atoms with Crippen LogP contribution in [0, 0.1) is 0 Å². The molecule has 0 aliphatic rings. The molecule has 0 fully saturated rings. The highest BCUT2D eigenvalue weighted by molar-refractivity contribution is 6.43. The highest BCUT2D eigenvalue weighted by atomic mass is 35.5. The molecule has 0 aliphatic heterocycles. The van der Waals surface area contributed by atoms with Gasteiger partial charge in [0.1, 0.15) is 11.5 Å². The zero-order valence-corrected chi connectivity index (χ0v) is 14.4. The van der Waals surface area contributed by atoms with Gasteiger partial charge in [-0.15, -0.1) is 0 Å². The third kappa shape index (κ3) is 3.97. The van der Waals surface area contributed by atoms with Gasteiger partial charge in [-0.3, -0.25) is 0 Å². The number of ether oxygens (including phenoxy) is 1. The predicted octanol–water partition coefficient (Wildman–Crippen LogP) is 6.37. The molecular weight excluding hydrogens is 352 g/mol. The molecule has 1 atom stereocenters. The van der Waals surface area contributed by atoms with Gasteiger partial charge in [-0.05, 0) is 37.7 Å². The van der Waals surface area contributed by atoms with Crippen LogP contribution in [0.2, 0.25) is 20.1 Å². The Morgan fingerprint density at radius 1 is 0.857 bits per heavy atom. The molecule has 0 aromatic heterocycles. The van der Waals surface area contributed by atoms with Crippen LogP contribution in [0.25, 0.3) is 0 Å². The van der Waals surface area contributed by atoms with E-state index in [-0.39, 0.29) is 6.04 Å². The Labute approximate surface area is 143 Å². The summed E-state index contributed by atoms with van der Waals surface area (Å²) in [5, 5.41) is 4.75. The van der Waals surface area contributed by atoms with E-state index in [2.05, 4.69) is 5.32 Å². The molecule has 2 aromatic rings. The van der Waals surface area contributed by atoms with Gasteiger partial charge in [-0.25, -0.2) is 0 Å². The summed E-state index contributed by atoms with van der Waals surface area (Å²) in [5.74, 6) is 0.909. The number of benzene rings is 2. The fourth-order valence-corrected chi connectivity index (χ4v) is 2.54. The monoisotopic (exact) mass is 363 g/mol. The highest BCUT2D eigenvalue weighted by Crippen LogP contribution is 2.38. The smallest absolute Gasteiger partial charge is 0.147 e. The lowest BCUT2D eigenvalue weighted by Gasteiger charge is -2.14. The van der Waals surface area contributed by atoms with Crippen molar-refractivity contribution in [2.24, 2.45) is 0 Å². The number of hydrogen-bond acceptors (Lipinski definition) is 2. The Balaban J connectivity index is 2.30. The molecule has 2 aromatic carbocycles. The molecule has 2 nitrogen and oxygen atoms in total. The first-order valence-electron chi connectivity index (χ1n) is 6.21. The lowest BCUT2D eigenvalue weighted by molar-refractivity contribution is 0.482. The van der Waals surface area contributed by atoms with E-state index >= 15 is 0 Å². The van der Waals surface area contributed by atoms with Gasteiger partial charge in [0.2, 0.25) is 0 Å². The molecule has 0 bridgehead atoms. The summed E-state index contributed by atoms with van der Waals surface area (Å²) in [5.41, 5.74) is 1.06. The van der Waals surface area contributed by atoms with Crippen LogP contribution >= 0.6 is 46.4 Å². The van der Waals surface area contributed by atoms with Crippen LogP contribution in [0.4, 0.5) is 0 Å². The van der Waals surface area contributed by atoms with E-state index in [1.165, 1.54) is 6.07 Å². The summed E-state index contributed by atoms with van der Waals surface area (Å²) in [6.07, 6.45) is 0. The summed E-state index contributed by atoms with van der Waals surface area (Å²) in [7, 11) is 1.89. The molecule has 0 spiro atoms. The fraction of sp³-hybridized carbons (Fsp3) is 0.200. The van der Waals surface area contributed by atoms with Crippen molar-refractivity contribution in [2.75, 3.05) is 7.05 Å². The second-order valence-electron chi connectivity index (χ2n) is 4.50. The minimum absolute atomic E-state index is 0.199. The molecule has 0 radical (unpaired) electrons. The molecule has 0 saturated heterocycles. The largest absolute Gasteiger partial charge is 0.454 e. The summed E-state index contributed by atoms with van der Waals surface area (Å²) in [4.78, 5) is 0. The van der Waals surface area contributed by atoms with E-state index in [1.54, 1.807) is 12.1 Å². The zero-order valence-electron chi connectivity index (χ0n) is 11.4. The van der Waals surface area contributed by atoms with E-state index in [0.29, 0.717) is 31.6 Å². The Hall–Kier alpha value is -0.640. The van der Waals surface area contributed by atoms with Crippen LogP contribution in [0.3, 0.4) is 0 Å². The van der Waals surface area contributed by atoms with Crippen molar-refractivity contribution in [3.63, 3.8) is 0 Å². The van der Waals surface area contributed by atoms with Crippen LogP contribution < -0.4 is 10.1 Å². The van der Waals surface area contributed by atoms with Gasteiger partial charge in [0.15, 0.2) is 0 Å². The van der Waals surface area contributed by atoms with Gasteiger partial charge in [-0.2, -0.15) is 0 Å². The summed E-state index contributed by atoms with van der Waals surface area (Å²) in [6, 6.07) is 8.88. The maximum atomic E-state index is 6.25. The quantitative estimate of drug-likeness (QED) is 0.636. The van der Waals surface area contributed by atoms with E-state index in [1.807, 2.05) is 26.1 Å². The van der Waals surface area contributed by atoms with Gasteiger partial charge in [0.05, 0.1) is 20.1 Å². The Morgan fingerprint density at radius 2 is 1.48 bits per heavy atom. The van der Waals surface area contributed by atoms with Crippen molar-refractivity contribution in [1.29, 1.82) is 0 Å². The Morgan fingerprint density at radius 3 is 2.10 bits per heavy atom. The molecule has 2 rings (SSSR count). The minimum Gasteiger partial charge on any atom is -0.454 e. The van der Waals surface area contributed by atoms with Crippen molar-refractivity contribution in [3.8, 4) is 11.5 Å². The van der Waals surface area contributed by atoms with Crippen molar-refractivity contribution in [2.45, 2.75) is 13.0 Å². The molecule has 6 heteroatoms. The molecule has 0 heterocycles. The van der Waals surface area contributed by atoms with Crippen LogP contribution in [0.15, 0.2) is 30.3 Å². The Bertz CT molecular complexity index is 660. The van der Waals surface area contributed by atoms with Crippen LogP contribution in [0.1, 0.15) is 18.5 Å². The number of hydrogen-bond donors (Lipinski definition) is 1. The number of rotatable bonds is 4. The third-order valence-corrected chi connectivity index (χ3v) is 4.40. The lowest BCUT2D eigenvalue weighted by atomic mass is 10.1. The second-order valence-corrected chi connectivity index (χ2v) is 6.13. The maximum Gasteiger partial charge on any atom is 0.147 e. The van der Waals surface area contributed by atoms with Gasteiger partial charge in [0.25, 0.3) is 0 Å². The topological polar surface area (TPSA) is 21.3 Å². The van der Waals surface area contributed by atoms with E-state index in [4.69, 9.17) is 51.1 Å². The molecule has 0 amide bonds. The van der Waals surface area contributed by atoms with Crippen molar-refractivity contribution >= 4 is 46.4 Å². The van der Waals surface area contributed by atoms with Crippen LogP contribution in [0.5, 0.6) is 11.5 Å². The van der Waals surface area contributed by atoms with Gasteiger partial charge in [-0.1, -0.05) is 52.5 Å². The van der Waals surface area contributed by atoms with Gasteiger partial charge in [0, 0.05) is 12.1 Å². The SMILES string of the molecule is CNC(C)c1ccc(Oc2cc(Cl)c(Cl)cc2Cl)c(Cl)c1. The average Bonchev–Trinajstić information content (AvgIpc) is 2.45. The van der Waals surface area contributed by atoms with Crippen molar-refractivity contribution < 1.29 is 4.74 Å². The van der Waals surface area contributed by atoms with Crippen molar-refractivity contribution in [3.05, 3.63) is 56.0 Å². The molecule has 1 N–H and O–H groups in total.